The molecule has 5 amide bonds. The van der Waals surface area contributed by atoms with Crippen LogP contribution in [0.4, 0.5) is 9.59 Å². The quantitative estimate of drug-likeness (QED) is 0.402. The monoisotopic (exact) mass is 300 g/mol. The summed E-state index contributed by atoms with van der Waals surface area (Å²) in [6.45, 7) is 2.90. The number of aliphatic carboxylic acids is 1. The van der Waals surface area contributed by atoms with Gasteiger partial charge in [0.25, 0.3) is 5.91 Å². The maximum atomic E-state index is 11.6. The molecule has 0 bridgehead atoms. The van der Waals surface area contributed by atoms with Crippen molar-refractivity contribution in [2.45, 2.75) is 13.8 Å². The first-order valence-electron chi connectivity index (χ1n) is 6.12. The Morgan fingerprint density at radius 2 is 1.48 bits per heavy atom. The van der Waals surface area contributed by atoms with E-state index in [-0.39, 0.29) is 30.3 Å². The van der Waals surface area contributed by atoms with E-state index in [0.29, 0.717) is 0 Å². The number of nitrogens with one attached hydrogen (secondary N) is 3. The highest BCUT2D eigenvalue weighted by molar-refractivity contribution is 6.07. The van der Waals surface area contributed by atoms with Gasteiger partial charge in [-0.1, -0.05) is 0 Å². The molecular formula is C12H20N4O5. The Hall–Kier alpha value is -2.58. The van der Waals surface area contributed by atoms with Gasteiger partial charge in [-0.2, -0.15) is 0 Å². The summed E-state index contributed by atoms with van der Waals surface area (Å²) in [5, 5.41) is 15.6. The van der Waals surface area contributed by atoms with E-state index in [1.807, 2.05) is 5.32 Å². The van der Waals surface area contributed by atoms with E-state index in [2.05, 4.69) is 10.6 Å². The Morgan fingerprint density at radius 1 is 0.952 bits per heavy atom. The standard InChI is InChI=1S/C12H20N4O5/c1-7(8(2)10(18)19)9(17)15-11(20)13-5-6-14-12(21)16(3)4/h5-6H2,1-4H3,(H,14,21)(H,18,19)(H2,13,15,17,20). The highest BCUT2D eigenvalue weighted by atomic mass is 16.4. The van der Waals surface area contributed by atoms with Gasteiger partial charge >= 0.3 is 18.0 Å². The second kappa shape index (κ2) is 8.56. The summed E-state index contributed by atoms with van der Waals surface area (Å²) in [5.41, 5.74) is -0.197. The lowest BCUT2D eigenvalue weighted by atomic mass is 10.1. The Balaban J connectivity index is 4.17. The van der Waals surface area contributed by atoms with Crippen LogP contribution in [0.15, 0.2) is 11.1 Å². The summed E-state index contributed by atoms with van der Waals surface area (Å²) in [6.07, 6.45) is 0. The number of carboxylic acids is 1. The number of carbonyl (C=O) groups is 4. The topological polar surface area (TPSA) is 128 Å². The van der Waals surface area contributed by atoms with E-state index >= 15 is 0 Å². The van der Waals surface area contributed by atoms with Crippen LogP contribution < -0.4 is 16.0 Å². The molecule has 0 unspecified atom stereocenters. The molecule has 0 atom stereocenters. The molecule has 0 aliphatic heterocycles. The fraction of sp³-hybridized carbons (Fsp3) is 0.500. The van der Waals surface area contributed by atoms with Crippen molar-refractivity contribution < 1.29 is 24.3 Å². The number of urea groups is 2. The van der Waals surface area contributed by atoms with Crippen molar-refractivity contribution in [1.29, 1.82) is 0 Å². The minimum Gasteiger partial charge on any atom is -0.478 e. The number of imide groups is 1. The summed E-state index contributed by atoms with van der Waals surface area (Å²) in [5.74, 6) is -2.01. The van der Waals surface area contributed by atoms with Crippen LogP contribution in [-0.2, 0) is 9.59 Å². The van der Waals surface area contributed by atoms with Crippen LogP contribution in [0.5, 0.6) is 0 Å². The molecule has 0 radical (unpaired) electrons. The van der Waals surface area contributed by atoms with Crippen molar-refractivity contribution >= 4 is 23.9 Å². The molecule has 0 aliphatic carbocycles. The molecule has 4 N–H and O–H groups in total. The first-order chi connectivity index (χ1) is 9.66. The first kappa shape index (κ1) is 18.4. The fourth-order valence-electron chi connectivity index (χ4n) is 1.08. The van der Waals surface area contributed by atoms with Gasteiger partial charge in [0, 0.05) is 38.3 Å². The largest absolute Gasteiger partial charge is 0.478 e. The zero-order valence-electron chi connectivity index (χ0n) is 12.4. The van der Waals surface area contributed by atoms with Crippen LogP contribution in [0.1, 0.15) is 13.8 Å². The van der Waals surface area contributed by atoms with Crippen molar-refractivity contribution in [1.82, 2.24) is 20.9 Å². The van der Waals surface area contributed by atoms with Crippen LogP contribution in [0, 0.1) is 0 Å². The molecule has 9 heteroatoms. The van der Waals surface area contributed by atoms with E-state index in [9.17, 15) is 19.2 Å². The van der Waals surface area contributed by atoms with Gasteiger partial charge in [0.05, 0.1) is 0 Å². The molecule has 118 valence electrons. The van der Waals surface area contributed by atoms with Crippen LogP contribution >= 0.6 is 0 Å². The SMILES string of the molecule is CC(C(=O)O)=C(C)C(=O)NC(=O)NCCNC(=O)N(C)C. The van der Waals surface area contributed by atoms with E-state index < -0.39 is 17.9 Å². The van der Waals surface area contributed by atoms with Crippen LogP contribution in [0.3, 0.4) is 0 Å². The predicted octanol–water partition coefficient (Wildman–Crippen LogP) is -0.496. The van der Waals surface area contributed by atoms with Crippen molar-refractivity contribution in [3.8, 4) is 0 Å². The molecule has 0 aliphatic rings. The van der Waals surface area contributed by atoms with Crippen molar-refractivity contribution in [2.24, 2.45) is 0 Å². The molecule has 0 spiro atoms. The number of carboxylic acid groups (broad SMARTS) is 1. The zero-order valence-corrected chi connectivity index (χ0v) is 12.4. The van der Waals surface area contributed by atoms with Crippen molar-refractivity contribution in [2.75, 3.05) is 27.2 Å². The molecule has 0 heterocycles. The van der Waals surface area contributed by atoms with Crippen LogP contribution in [-0.4, -0.2) is 61.1 Å². The van der Waals surface area contributed by atoms with Gasteiger partial charge in [-0.25, -0.2) is 14.4 Å². The number of amides is 5. The van der Waals surface area contributed by atoms with Crippen LogP contribution in [0.25, 0.3) is 0 Å². The van der Waals surface area contributed by atoms with Crippen molar-refractivity contribution in [3.63, 3.8) is 0 Å². The lowest BCUT2D eigenvalue weighted by Gasteiger charge is -2.12. The number of hydrogen-bond donors (Lipinski definition) is 4. The Morgan fingerprint density at radius 3 is 1.95 bits per heavy atom. The fourth-order valence-corrected chi connectivity index (χ4v) is 1.08. The third-order valence-corrected chi connectivity index (χ3v) is 2.54. The minimum atomic E-state index is -1.23. The van der Waals surface area contributed by atoms with Gasteiger partial charge in [0.15, 0.2) is 0 Å². The van der Waals surface area contributed by atoms with E-state index in [0.717, 1.165) is 0 Å². The van der Waals surface area contributed by atoms with Gasteiger partial charge in [-0.3, -0.25) is 10.1 Å². The molecular weight excluding hydrogens is 280 g/mol. The zero-order chi connectivity index (χ0) is 16.6. The van der Waals surface area contributed by atoms with Gasteiger partial charge in [-0.15, -0.1) is 0 Å². The summed E-state index contributed by atoms with van der Waals surface area (Å²) in [4.78, 5) is 46.1. The summed E-state index contributed by atoms with van der Waals surface area (Å²) in [6, 6.07) is -1.07. The molecule has 0 saturated heterocycles. The summed E-state index contributed by atoms with van der Waals surface area (Å²) in [7, 11) is 3.15. The predicted molar refractivity (Wildman–Crippen MR) is 74.6 cm³/mol. The van der Waals surface area contributed by atoms with E-state index in [4.69, 9.17) is 5.11 Å². The van der Waals surface area contributed by atoms with E-state index in [1.54, 1.807) is 14.1 Å². The normalized spacial score (nSPS) is 11.0. The lowest BCUT2D eigenvalue weighted by molar-refractivity contribution is -0.133. The highest BCUT2D eigenvalue weighted by Crippen LogP contribution is 2.02. The average molecular weight is 300 g/mol. The smallest absolute Gasteiger partial charge is 0.331 e. The van der Waals surface area contributed by atoms with Gasteiger partial charge in [0.2, 0.25) is 0 Å². The van der Waals surface area contributed by atoms with Gasteiger partial charge in [-0.05, 0) is 13.8 Å². The number of nitrogens with zero attached hydrogens (tertiary/aromatic N) is 1. The number of rotatable bonds is 5. The maximum absolute atomic E-state index is 11.6. The summed E-state index contributed by atoms with van der Waals surface area (Å²) >= 11 is 0. The first-order valence-corrected chi connectivity index (χ1v) is 6.12. The molecule has 0 rings (SSSR count). The Bertz CT molecular complexity index is 470. The Labute approximate surface area is 122 Å². The molecule has 0 fully saturated rings. The molecule has 0 aromatic carbocycles. The second-order valence-electron chi connectivity index (χ2n) is 4.39. The highest BCUT2D eigenvalue weighted by Gasteiger charge is 2.14. The maximum Gasteiger partial charge on any atom is 0.331 e. The number of carbonyl (C=O) groups excluding carboxylic acids is 3. The molecule has 0 aromatic rings. The lowest BCUT2D eigenvalue weighted by Crippen LogP contribution is -2.44. The Kier molecular flexibility index (Phi) is 7.51. The molecule has 0 aromatic heterocycles. The van der Waals surface area contributed by atoms with Crippen LogP contribution in [0.2, 0.25) is 0 Å². The van der Waals surface area contributed by atoms with Gasteiger partial charge in [0.1, 0.15) is 0 Å². The molecule has 0 saturated carbocycles. The van der Waals surface area contributed by atoms with Crippen molar-refractivity contribution in [3.05, 3.63) is 11.1 Å². The average Bonchev–Trinajstić information content (AvgIpc) is 2.41. The van der Waals surface area contributed by atoms with Gasteiger partial charge < -0.3 is 20.6 Å². The second-order valence-corrected chi connectivity index (χ2v) is 4.39. The summed E-state index contributed by atoms with van der Waals surface area (Å²) < 4.78 is 0. The number of hydrogen-bond acceptors (Lipinski definition) is 4. The molecule has 9 nitrogen and oxygen atoms in total. The minimum absolute atomic E-state index is 0.0569. The third kappa shape index (κ3) is 6.95. The molecule has 21 heavy (non-hydrogen) atoms. The van der Waals surface area contributed by atoms with E-state index in [1.165, 1.54) is 18.7 Å². The third-order valence-electron chi connectivity index (χ3n) is 2.54.